The Morgan fingerprint density at radius 1 is 1.19 bits per heavy atom. The first-order valence-electron chi connectivity index (χ1n) is 7.32. The summed E-state index contributed by atoms with van der Waals surface area (Å²) in [4.78, 5) is 4.96. The zero-order valence-corrected chi connectivity index (χ0v) is 16.3. The minimum atomic E-state index is -4.62. The lowest BCUT2D eigenvalue weighted by Gasteiger charge is -2.13. The van der Waals surface area contributed by atoms with Gasteiger partial charge in [0.25, 0.3) is 0 Å². The number of hydrogen-bond acceptors (Lipinski definition) is 4. The highest BCUT2D eigenvalue weighted by Gasteiger charge is 2.36. The van der Waals surface area contributed by atoms with E-state index in [4.69, 9.17) is 0 Å². The molecule has 26 heavy (non-hydrogen) atoms. The predicted molar refractivity (Wildman–Crippen MR) is 101 cm³/mol. The molecule has 0 atom stereocenters. The lowest BCUT2D eigenvalue weighted by molar-refractivity contribution is -0.138. The number of halogens is 4. The summed E-state index contributed by atoms with van der Waals surface area (Å²) in [6.07, 6.45) is -4.62. The van der Waals surface area contributed by atoms with Gasteiger partial charge in [-0.1, -0.05) is 34.1 Å². The van der Waals surface area contributed by atoms with Crippen molar-refractivity contribution in [2.75, 3.05) is 0 Å². The van der Waals surface area contributed by atoms with Gasteiger partial charge in [-0.3, -0.25) is 0 Å². The molecule has 1 aromatic carbocycles. The zero-order valence-electron chi connectivity index (χ0n) is 13.0. The number of nitrogens with zero attached hydrogens (tertiary/aromatic N) is 2. The molecule has 0 radical (unpaired) electrons. The number of benzene rings is 1. The fourth-order valence-corrected chi connectivity index (χ4v) is 4.15. The van der Waals surface area contributed by atoms with Gasteiger partial charge in [0.15, 0.2) is 0 Å². The molecule has 3 aromatic rings. The Morgan fingerprint density at radius 2 is 1.92 bits per heavy atom. The third-order valence-electron chi connectivity index (χ3n) is 3.47. The second-order valence-electron chi connectivity index (χ2n) is 5.24. The molecule has 0 unspecified atom stereocenters. The van der Waals surface area contributed by atoms with E-state index >= 15 is 0 Å². The van der Waals surface area contributed by atoms with Crippen LogP contribution in [0.15, 0.2) is 57.3 Å². The van der Waals surface area contributed by atoms with Crippen LogP contribution in [0, 0.1) is 11.3 Å². The third kappa shape index (κ3) is 4.29. The van der Waals surface area contributed by atoms with Gasteiger partial charge in [-0.2, -0.15) is 18.4 Å². The van der Waals surface area contributed by atoms with E-state index in [1.807, 2.05) is 24.3 Å². The molecule has 8 heteroatoms. The lowest BCUT2D eigenvalue weighted by atomic mass is 10.1. The Balaban J connectivity index is 2.03. The van der Waals surface area contributed by atoms with E-state index in [2.05, 4.69) is 20.9 Å². The van der Waals surface area contributed by atoms with E-state index in [9.17, 15) is 18.4 Å². The monoisotopic (exact) mass is 454 g/mol. The Labute approximate surface area is 164 Å². The van der Waals surface area contributed by atoms with Gasteiger partial charge in [-0.25, -0.2) is 4.98 Å². The van der Waals surface area contributed by atoms with Gasteiger partial charge in [0.05, 0.1) is 21.7 Å². The highest BCUT2D eigenvalue weighted by molar-refractivity contribution is 9.10. The molecule has 0 saturated carbocycles. The topological polar surface area (TPSA) is 36.7 Å². The summed E-state index contributed by atoms with van der Waals surface area (Å²) in [6.45, 7) is 0. The molecular weight excluding hydrogens is 445 g/mol. The molecule has 0 aliphatic heterocycles. The zero-order chi connectivity index (χ0) is 18.7. The van der Waals surface area contributed by atoms with Crippen LogP contribution in [-0.4, -0.2) is 4.98 Å². The standard InChI is InChI=1S/C18H10BrF3N2S2/c19-12-5-3-11(4-6-12)10-26-17-13(9-23)14(18(20,21)22)8-15(24-17)16-2-1-7-25-16/h1-8H,10H2. The molecule has 0 fully saturated rings. The number of thioether (sulfide) groups is 1. The third-order valence-corrected chi connectivity index (χ3v) is 5.93. The van der Waals surface area contributed by atoms with E-state index in [1.165, 1.54) is 11.3 Å². The molecule has 2 nitrogen and oxygen atoms in total. The maximum atomic E-state index is 13.5. The fraction of sp³-hybridized carbons (Fsp3) is 0.111. The Bertz CT molecular complexity index is 946. The van der Waals surface area contributed by atoms with Crippen molar-refractivity contribution >= 4 is 39.0 Å². The van der Waals surface area contributed by atoms with Crippen molar-refractivity contribution in [2.45, 2.75) is 17.0 Å². The maximum Gasteiger partial charge on any atom is 0.417 e. The number of nitriles is 1. The van der Waals surface area contributed by atoms with Crippen molar-refractivity contribution in [3.8, 4) is 16.6 Å². The van der Waals surface area contributed by atoms with Crippen molar-refractivity contribution in [3.05, 3.63) is 69.0 Å². The van der Waals surface area contributed by atoms with Crippen LogP contribution in [0.5, 0.6) is 0 Å². The number of rotatable bonds is 4. The molecule has 3 rings (SSSR count). The van der Waals surface area contributed by atoms with Crippen molar-refractivity contribution < 1.29 is 13.2 Å². The average molecular weight is 455 g/mol. The minimum Gasteiger partial charge on any atom is -0.239 e. The molecule has 2 aromatic heterocycles. The molecule has 0 saturated heterocycles. The summed E-state index contributed by atoms with van der Waals surface area (Å²) in [5.41, 5.74) is -0.222. The van der Waals surface area contributed by atoms with Crippen LogP contribution in [0.3, 0.4) is 0 Å². The number of alkyl halides is 3. The summed E-state index contributed by atoms with van der Waals surface area (Å²) >= 11 is 5.78. The molecular formula is C18H10BrF3N2S2. The van der Waals surface area contributed by atoms with Gasteiger partial charge in [0.2, 0.25) is 0 Å². The Morgan fingerprint density at radius 3 is 2.50 bits per heavy atom. The average Bonchev–Trinajstić information content (AvgIpc) is 3.14. The molecule has 0 amide bonds. The van der Waals surface area contributed by atoms with E-state index in [1.54, 1.807) is 23.6 Å². The number of pyridine rings is 1. The SMILES string of the molecule is N#Cc1c(C(F)(F)F)cc(-c2cccs2)nc1SCc1ccc(Br)cc1. The van der Waals surface area contributed by atoms with Crippen LogP contribution in [0.25, 0.3) is 10.6 Å². The van der Waals surface area contributed by atoms with Crippen LogP contribution >= 0.6 is 39.0 Å². The first kappa shape index (κ1) is 19.0. The Hall–Kier alpha value is -1.82. The highest BCUT2D eigenvalue weighted by Crippen LogP contribution is 2.39. The van der Waals surface area contributed by atoms with E-state index < -0.39 is 17.3 Å². The fourth-order valence-electron chi connectivity index (χ4n) is 2.24. The van der Waals surface area contributed by atoms with Crippen molar-refractivity contribution in [1.29, 1.82) is 5.26 Å². The summed E-state index contributed by atoms with van der Waals surface area (Å²) in [6, 6.07) is 13.6. The smallest absolute Gasteiger partial charge is 0.239 e. The van der Waals surface area contributed by atoms with Crippen molar-refractivity contribution in [2.24, 2.45) is 0 Å². The van der Waals surface area contributed by atoms with Gasteiger partial charge in [0.1, 0.15) is 11.1 Å². The van der Waals surface area contributed by atoms with Gasteiger partial charge in [0, 0.05) is 10.2 Å². The second kappa shape index (κ2) is 7.82. The highest BCUT2D eigenvalue weighted by atomic mass is 79.9. The lowest BCUT2D eigenvalue weighted by Crippen LogP contribution is -2.10. The first-order chi connectivity index (χ1) is 12.4. The van der Waals surface area contributed by atoms with Crippen LogP contribution in [-0.2, 0) is 11.9 Å². The number of thiophene rings is 1. The second-order valence-corrected chi connectivity index (χ2v) is 8.06. The van der Waals surface area contributed by atoms with Crippen molar-refractivity contribution in [3.63, 3.8) is 0 Å². The van der Waals surface area contributed by atoms with Crippen LogP contribution in [0.1, 0.15) is 16.7 Å². The molecule has 0 N–H and O–H groups in total. The molecule has 132 valence electrons. The minimum absolute atomic E-state index is 0.0913. The van der Waals surface area contributed by atoms with Crippen LogP contribution in [0.2, 0.25) is 0 Å². The van der Waals surface area contributed by atoms with E-state index in [0.717, 1.165) is 27.9 Å². The van der Waals surface area contributed by atoms with Gasteiger partial charge in [-0.15, -0.1) is 23.1 Å². The van der Waals surface area contributed by atoms with E-state index in [-0.39, 0.29) is 10.7 Å². The van der Waals surface area contributed by atoms with Crippen molar-refractivity contribution in [1.82, 2.24) is 4.98 Å². The van der Waals surface area contributed by atoms with E-state index in [0.29, 0.717) is 10.6 Å². The number of aromatic nitrogens is 1. The molecule has 0 spiro atoms. The molecule has 0 aliphatic carbocycles. The summed E-state index contributed by atoms with van der Waals surface area (Å²) in [5.74, 6) is 0.417. The van der Waals surface area contributed by atoms with Gasteiger partial charge < -0.3 is 0 Å². The van der Waals surface area contributed by atoms with Gasteiger partial charge in [-0.05, 0) is 35.2 Å². The first-order valence-corrected chi connectivity index (χ1v) is 9.98. The molecule has 2 heterocycles. The maximum absolute atomic E-state index is 13.5. The quantitative estimate of drug-likeness (QED) is 0.408. The van der Waals surface area contributed by atoms with Crippen LogP contribution in [0.4, 0.5) is 13.2 Å². The number of hydrogen-bond donors (Lipinski definition) is 0. The molecule has 0 bridgehead atoms. The Kier molecular flexibility index (Phi) is 5.70. The summed E-state index contributed by atoms with van der Waals surface area (Å²) in [5, 5.41) is 11.2. The normalized spacial score (nSPS) is 11.3. The predicted octanol–water partition coefficient (Wildman–Crippen LogP) is 6.76. The van der Waals surface area contributed by atoms with Crippen LogP contribution < -0.4 is 0 Å². The summed E-state index contributed by atoms with van der Waals surface area (Å²) in [7, 11) is 0. The van der Waals surface area contributed by atoms with Gasteiger partial charge >= 0.3 is 6.18 Å². The molecule has 0 aliphatic rings. The largest absolute Gasteiger partial charge is 0.417 e. The summed E-state index contributed by atoms with van der Waals surface area (Å²) < 4.78 is 41.3.